The van der Waals surface area contributed by atoms with Crippen LogP contribution < -0.4 is 24.8 Å². The summed E-state index contributed by atoms with van der Waals surface area (Å²) in [6.45, 7) is 0.789. The molecule has 0 aliphatic rings. The molecule has 0 bridgehead atoms. The van der Waals surface area contributed by atoms with Gasteiger partial charge in [0.05, 0.1) is 27.9 Å². The number of carbonyl (C=O) groups is 1. The van der Waals surface area contributed by atoms with E-state index in [1.165, 1.54) is 0 Å². The van der Waals surface area contributed by atoms with Gasteiger partial charge in [0.25, 0.3) is 0 Å². The maximum Gasteiger partial charge on any atom is 0.233 e. The summed E-state index contributed by atoms with van der Waals surface area (Å²) >= 11 is 0. The van der Waals surface area contributed by atoms with Gasteiger partial charge in [-0.25, -0.2) is 0 Å². The number of hydrogen-bond donors (Lipinski definition) is 2. The highest BCUT2D eigenvalue weighted by Gasteiger charge is 2.12. The zero-order valence-electron chi connectivity index (χ0n) is 11.7. The molecular weight excluding hydrogens is 248 g/mol. The fourth-order valence-electron chi connectivity index (χ4n) is 1.65. The highest BCUT2D eigenvalue weighted by Crippen LogP contribution is 2.38. The van der Waals surface area contributed by atoms with E-state index in [4.69, 9.17) is 14.2 Å². The summed E-state index contributed by atoms with van der Waals surface area (Å²) in [5.41, 5.74) is 0.943. The first-order valence-electron chi connectivity index (χ1n) is 5.86. The van der Waals surface area contributed by atoms with Gasteiger partial charge >= 0.3 is 0 Å². The molecule has 6 heteroatoms. The Morgan fingerprint density at radius 3 is 2.11 bits per heavy atom. The van der Waals surface area contributed by atoms with Crippen LogP contribution in [0.25, 0.3) is 0 Å². The van der Waals surface area contributed by atoms with Crippen LogP contribution in [-0.4, -0.2) is 40.8 Å². The molecule has 0 saturated carbocycles. The number of amides is 1. The summed E-state index contributed by atoms with van der Waals surface area (Å²) in [4.78, 5) is 11.1. The van der Waals surface area contributed by atoms with Gasteiger partial charge in [0.2, 0.25) is 11.7 Å². The van der Waals surface area contributed by atoms with Crippen LogP contribution in [0.4, 0.5) is 0 Å². The van der Waals surface area contributed by atoms with E-state index in [0.717, 1.165) is 5.56 Å². The maximum atomic E-state index is 11.1. The van der Waals surface area contributed by atoms with Crippen LogP contribution in [0.2, 0.25) is 0 Å². The molecule has 19 heavy (non-hydrogen) atoms. The molecule has 0 spiro atoms. The maximum absolute atomic E-state index is 11.1. The summed E-state index contributed by atoms with van der Waals surface area (Å²) in [6, 6.07) is 3.69. The normalized spacial score (nSPS) is 9.89. The zero-order chi connectivity index (χ0) is 14.3. The Balaban J connectivity index is 2.81. The molecule has 0 radical (unpaired) electrons. The van der Waals surface area contributed by atoms with Gasteiger partial charge < -0.3 is 24.8 Å². The first-order chi connectivity index (χ1) is 9.15. The third-order valence-electron chi connectivity index (χ3n) is 2.62. The lowest BCUT2D eigenvalue weighted by Gasteiger charge is -2.14. The van der Waals surface area contributed by atoms with E-state index in [2.05, 4.69) is 10.6 Å². The summed E-state index contributed by atoms with van der Waals surface area (Å²) in [6.07, 6.45) is 0. The smallest absolute Gasteiger partial charge is 0.233 e. The number of hydrogen-bond acceptors (Lipinski definition) is 5. The van der Waals surface area contributed by atoms with E-state index in [0.29, 0.717) is 23.8 Å². The van der Waals surface area contributed by atoms with Crippen molar-refractivity contribution >= 4 is 5.91 Å². The summed E-state index contributed by atoms with van der Waals surface area (Å²) < 4.78 is 15.8. The number of benzene rings is 1. The number of carbonyl (C=O) groups excluding carboxylic acids is 1. The zero-order valence-corrected chi connectivity index (χ0v) is 11.7. The molecule has 0 unspecified atom stereocenters. The summed E-state index contributed by atoms with van der Waals surface area (Å²) in [5.74, 6) is 1.68. The second kappa shape index (κ2) is 7.48. The van der Waals surface area contributed by atoms with Crippen molar-refractivity contribution in [2.45, 2.75) is 6.54 Å². The van der Waals surface area contributed by atoms with E-state index in [9.17, 15) is 4.79 Å². The highest BCUT2D eigenvalue weighted by atomic mass is 16.5. The monoisotopic (exact) mass is 268 g/mol. The molecule has 0 saturated heterocycles. The number of nitrogens with one attached hydrogen (secondary N) is 2. The third kappa shape index (κ3) is 4.03. The first-order valence-corrected chi connectivity index (χ1v) is 5.86. The van der Waals surface area contributed by atoms with E-state index >= 15 is 0 Å². The fraction of sp³-hybridized carbons (Fsp3) is 0.462. The molecule has 6 nitrogen and oxygen atoms in total. The van der Waals surface area contributed by atoms with Gasteiger partial charge in [-0.15, -0.1) is 0 Å². The molecular formula is C13H20N2O4. The van der Waals surface area contributed by atoms with Gasteiger partial charge in [0.15, 0.2) is 11.5 Å². The Morgan fingerprint density at radius 2 is 1.68 bits per heavy atom. The predicted octanol–water partition coefficient (Wildman–Crippen LogP) is 0.548. The standard InChI is InChI=1S/C13H20N2O4/c1-14-12(16)8-15-7-9-5-10(17-2)13(19-4)11(6-9)18-3/h5-6,15H,7-8H2,1-4H3,(H,14,16). The SMILES string of the molecule is CNC(=O)CNCc1cc(OC)c(OC)c(OC)c1. The van der Waals surface area contributed by atoms with Crippen LogP contribution >= 0.6 is 0 Å². The third-order valence-corrected chi connectivity index (χ3v) is 2.62. The predicted molar refractivity (Wildman–Crippen MR) is 71.9 cm³/mol. The molecule has 1 aromatic carbocycles. The Bertz CT molecular complexity index is 410. The Morgan fingerprint density at radius 1 is 1.11 bits per heavy atom. The molecule has 1 aromatic rings. The Labute approximate surface area is 113 Å². The largest absolute Gasteiger partial charge is 0.493 e. The minimum atomic E-state index is -0.0626. The molecule has 0 aliphatic heterocycles. The van der Waals surface area contributed by atoms with Crippen LogP contribution in [0.15, 0.2) is 12.1 Å². The number of likely N-dealkylation sites (N-methyl/N-ethyl adjacent to an activating group) is 1. The van der Waals surface area contributed by atoms with Crippen molar-refractivity contribution in [3.8, 4) is 17.2 Å². The van der Waals surface area contributed by atoms with Crippen molar-refractivity contribution in [1.29, 1.82) is 0 Å². The van der Waals surface area contributed by atoms with Gasteiger partial charge in [0, 0.05) is 13.6 Å². The Hall–Kier alpha value is -1.95. The second-order valence-electron chi connectivity index (χ2n) is 3.81. The van der Waals surface area contributed by atoms with E-state index < -0.39 is 0 Å². The van der Waals surface area contributed by atoms with Crippen LogP contribution in [0.3, 0.4) is 0 Å². The van der Waals surface area contributed by atoms with Crippen LogP contribution in [0.1, 0.15) is 5.56 Å². The Kier molecular flexibility index (Phi) is 5.95. The summed E-state index contributed by atoms with van der Waals surface area (Å²) in [7, 11) is 6.30. The van der Waals surface area contributed by atoms with Crippen LogP contribution in [0.5, 0.6) is 17.2 Å². The molecule has 2 N–H and O–H groups in total. The number of ether oxygens (including phenoxy) is 3. The average Bonchev–Trinajstić information content (AvgIpc) is 2.45. The van der Waals surface area contributed by atoms with Crippen molar-refractivity contribution in [2.24, 2.45) is 0 Å². The molecule has 106 valence electrons. The van der Waals surface area contributed by atoms with Crippen molar-refractivity contribution in [2.75, 3.05) is 34.9 Å². The van der Waals surface area contributed by atoms with Crippen LogP contribution in [0, 0.1) is 0 Å². The number of rotatable bonds is 7. The minimum absolute atomic E-state index is 0.0626. The lowest BCUT2D eigenvalue weighted by atomic mass is 10.1. The molecule has 1 rings (SSSR count). The quantitative estimate of drug-likeness (QED) is 0.756. The highest BCUT2D eigenvalue weighted by molar-refractivity contribution is 5.77. The molecule has 1 amide bonds. The van der Waals surface area contributed by atoms with Crippen molar-refractivity contribution < 1.29 is 19.0 Å². The molecule has 0 aromatic heterocycles. The van der Waals surface area contributed by atoms with Gasteiger partial charge in [-0.3, -0.25) is 4.79 Å². The molecule has 0 fully saturated rings. The molecule has 0 atom stereocenters. The van der Waals surface area contributed by atoms with Gasteiger partial charge in [0.1, 0.15) is 0 Å². The van der Waals surface area contributed by atoms with Gasteiger partial charge in [-0.1, -0.05) is 0 Å². The van der Waals surface area contributed by atoms with E-state index in [1.807, 2.05) is 12.1 Å². The van der Waals surface area contributed by atoms with Crippen molar-refractivity contribution in [3.05, 3.63) is 17.7 Å². The summed E-state index contributed by atoms with van der Waals surface area (Å²) in [5, 5.41) is 5.57. The topological polar surface area (TPSA) is 68.8 Å². The lowest BCUT2D eigenvalue weighted by molar-refractivity contribution is -0.119. The van der Waals surface area contributed by atoms with Gasteiger partial charge in [-0.05, 0) is 17.7 Å². The van der Waals surface area contributed by atoms with Crippen molar-refractivity contribution in [3.63, 3.8) is 0 Å². The minimum Gasteiger partial charge on any atom is -0.493 e. The van der Waals surface area contributed by atoms with Crippen LogP contribution in [-0.2, 0) is 11.3 Å². The van der Waals surface area contributed by atoms with E-state index in [1.54, 1.807) is 28.4 Å². The van der Waals surface area contributed by atoms with Crippen molar-refractivity contribution in [1.82, 2.24) is 10.6 Å². The van der Waals surface area contributed by atoms with E-state index in [-0.39, 0.29) is 12.5 Å². The average molecular weight is 268 g/mol. The number of methoxy groups -OCH3 is 3. The lowest BCUT2D eigenvalue weighted by Crippen LogP contribution is -2.30. The van der Waals surface area contributed by atoms with Gasteiger partial charge in [-0.2, -0.15) is 0 Å². The first kappa shape index (κ1) is 15.1. The second-order valence-corrected chi connectivity index (χ2v) is 3.81. The molecule has 0 aliphatic carbocycles. The molecule has 0 heterocycles. The fourth-order valence-corrected chi connectivity index (χ4v) is 1.65.